The minimum absolute atomic E-state index is 0.312. The van der Waals surface area contributed by atoms with Crippen molar-refractivity contribution in [3.63, 3.8) is 0 Å². The molecule has 2 nitrogen and oxygen atoms in total. The molecule has 0 aliphatic heterocycles. The molecule has 0 aromatic heterocycles. The largest absolute Gasteiger partial charge is 0.314 e. The first kappa shape index (κ1) is 45.6. The summed E-state index contributed by atoms with van der Waals surface area (Å²) in [5.41, 5.74) is 3.92. The van der Waals surface area contributed by atoms with Gasteiger partial charge in [0.15, 0.2) is 0 Å². The third kappa shape index (κ3) is 9.16. The maximum atomic E-state index is 9.75. The highest BCUT2D eigenvalue weighted by Gasteiger charge is 2.60. The molecule has 0 saturated heterocycles. The molecule has 12 saturated carbocycles. The molecule has 0 heterocycles. The van der Waals surface area contributed by atoms with E-state index in [0.29, 0.717) is 12.0 Å². The Hall–Kier alpha value is -1.54. The lowest BCUT2D eigenvalue weighted by atomic mass is 9.60. The Morgan fingerprint density at radius 3 is 1.20 bits per heavy atom. The van der Waals surface area contributed by atoms with Gasteiger partial charge in [-0.15, -0.1) is 0 Å². The lowest BCUT2D eigenvalue weighted by Gasteiger charge is -2.45. The fraction of sp³-hybridized carbons (Fsp3) is 0.906. The summed E-state index contributed by atoms with van der Waals surface area (Å²) < 4.78 is 0. The van der Waals surface area contributed by atoms with E-state index < -0.39 is 0 Å². The van der Waals surface area contributed by atoms with Crippen molar-refractivity contribution in [3.8, 4) is 6.07 Å². The Morgan fingerprint density at radius 2 is 0.773 bits per heavy atom. The summed E-state index contributed by atoms with van der Waals surface area (Å²) in [5.74, 6) is 20.1. The number of nitrogens with zero attached hydrogens (tertiary/aromatic N) is 2. The molecule has 12 aliphatic rings. The van der Waals surface area contributed by atoms with Crippen LogP contribution in [-0.2, 0) is 0 Å². The molecule has 0 bridgehead atoms. The van der Waals surface area contributed by atoms with E-state index in [1.54, 1.807) is 38.5 Å². The maximum Gasteiger partial charge on any atom is 0.223 e. The number of hydrogen-bond acceptors (Lipinski definition) is 1. The molecule has 0 spiro atoms. The van der Waals surface area contributed by atoms with Gasteiger partial charge in [-0.3, -0.25) is 0 Å². The van der Waals surface area contributed by atoms with Crippen molar-refractivity contribution in [3.05, 3.63) is 34.7 Å². The van der Waals surface area contributed by atoms with Gasteiger partial charge < -0.3 is 4.85 Å². The van der Waals surface area contributed by atoms with E-state index in [0.717, 1.165) is 131 Å². The standard InChI is InChI=1S/C64H96N2/c1-66-56-30-28-49(29-31-56)62(60-15-7-11-47-9-3-5-13-58(47)60)33-42-18-24-45(25-19-42)51-36-54-38-52-34-50(35-53-39-55(37-51)64(54)63(52)53)44-22-16-41(17-23-44)32-61(48-26-20-43(40-65)21-27-48)59-14-6-10-46-8-2-4-12-57(46)59/h32-33,41-60,63-64H,2-31,34-39H2/b61-32-,62-33-. The van der Waals surface area contributed by atoms with E-state index in [1.165, 1.54) is 180 Å². The lowest BCUT2D eigenvalue weighted by molar-refractivity contribution is 0.0745. The van der Waals surface area contributed by atoms with Crippen LogP contribution in [0.4, 0.5) is 0 Å². The van der Waals surface area contributed by atoms with Crippen LogP contribution in [0.2, 0.25) is 0 Å². The molecule has 0 radical (unpaired) electrons. The fourth-order valence-corrected chi connectivity index (χ4v) is 22.0. The van der Waals surface area contributed by atoms with Crippen LogP contribution in [0.3, 0.4) is 0 Å². The van der Waals surface area contributed by atoms with Gasteiger partial charge in [0.1, 0.15) is 0 Å². The molecule has 12 rings (SSSR count). The first-order valence-corrected chi connectivity index (χ1v) is 30.8. The van der Waals surface area contributed by atoms with Gasteiger partial charge in [0, 0.05) is 18.8 Å². The van der Waals surface area contributed by atoms with Gasteiger partial charge in [-0.2, -0.15) is 5.26 Å². The molecule has 12 aliphatic carbocycles. The predicted octanol–water partition coefficient (Wildman–Crippen LogP) is 17.8. The third-order valence-electron chi connectivity index (χ3n) is 24.8. The van der Waals surface area contributed by atoms with Gasteiger partial charge in [0.05, 0.1) is 6.07 Å². The third-order valence-corrected chi connectivity index (χ3v) is 24.8. The predicted molar refractivity (Wildman–Crippen MR) is 272 cm³/mol. The first-order chi connectivity index (χ1) is 32.6. The quantitative estimate of drug-likeness (QED) is 0.176. The van der Waals surface area contributed by atoms with E-state index in [-0.39, 0.29) is 0 Å². The topological polar surface area (TPSA) is 28.1 Å². The van der Waals surface area contributed by atoms with Gasteiger partial charge in [-0.25, -0.2) is 6.57 Å². The Kier molecular flexibility index (Phi) is 14.0. The summed E-state index contributed by atoms with van der Waals surface area (Å²) in [6.07, 6.45) is 58.7. The number of allylic oxidation sites excluding steroid dienone is 4. The smallest absolute Gasteiger partial charge is 0.223 e. The minimum atomic E-state index is 0.312. The second-order valence-corrected chi connectivity index (χ2v) is 27.6. The molecule has 0 N–H and O–H groups in total. The number of rotatable bonds is 8. The Labute approximate surface area is 405 Å². The van der Waals surface area contributed by atoms with Crippen molar-refractivity contribution in [2.75, 3.05) is 0 Å². The Bertz CT molecular complexity index is 1620. The van der Waals surface area contributed by atoms with Crippen LogP contribution in [0, 0.1) is 142 Å². The maximum absolute atomic E-state index is 9.75. The molecule has 2 heteroatoms. The summed E-state index contributed by atoms with van der Waals surface area (Å²) in [7, 11) is 0. The number of hydrogen-bond donors (Lipinski definition) is 0. The van der Waals surface area contributed by atoms with Crippen LogP contribution in [0.5, 0.6) is 0 Å². The first-order valence-electron chi connectivity index (χ1n) is 30.8. The normalized spacial score (nSPS) is 50.8. The molecule has 66 heavy (non-hydrogen) atoms. The highest BCUT2D eigenvalue weighted by atomic mass is 14.7. The van der Waals surface area contributed by atoms with Crippen LogP contribution in [-0.4, -0.2) is 6.04 Å². The van der Waals surface area contributed by atoms with Crippen molar-refractivity contribution in [2.24, 2.45) is 124 Å². The molecule has 10 atom stereocenters. The second kappa shape index (κ2) is 20.3. The minimum Gasteiger partial charge on any atom is -0.314 e. The monoisotopic (exact) mass is 893 g/mol. The molecule has 362 valence electrons. The summed E-state index contributed by atoms with van der Waals surface area (Å²) in [4.78, 5) is 4.03. The fourth-order valence-electron chi connectivity index (χ4n) is 22.0. The van der Waals surface area contributed by atoms with Crippen molar-refractivity contribution in [2.45, 2.75) is 237 Å². The number of nitriles is 1. The molecule has 12 fully saturated rings. The van der Waals surface area contributed by atoms with Gasteiger partial charge in [-0.05, 0) is 272 Å². The summed E-state index contributed by atoms with van der Waals surface area (Å²) in [6, 6.07) is 2.97. The summed E-state index contributed by atoms with van der Waals surface area (Å²) >= 11 is 0. The Morgan fingerprint density at radius 1 is 0.379 bits per heavy atom. The Balaban J connectivity index is 0.660. The highest BCUT2D eigenvalue weighted by Crippen LogP contribution is 2.68. The zero-order valence-corrected chi connectivity index (χ0v) is 42.2. The van der Waals surface area contributed by atoms with Crippen molar-refractivity contribution in [1.82, 2.24) is 0 Å². The van der Waals surface area contributed by atoms with Gasteiger partial charge in [0.2, 0.25) is 6.04 Å². The molecular formula is C64H96N2. The lowest BCUT2D eigenvalue weighted by Crippen LogP contribution is -2.35. The van der Waals surface area contributed by atoms with E-state index in [1.807, 2.05) is 11.1 Å². The van der Waals surface area contributed by atoms with Crippen LogP contribution < -0.4 is 0 Å². The molecule has 0 amide bonds. The van der Waals surface area contributed by atoms with Gasteiger partial charge in [0.25, 0.3) is 0 Å². The zero-order chi connectivity index (χ0) is 44.1. The van der Waals surface area contributed by atoms with Gasteiger partial charge >= 0.3 is 0 Å². The van der Waals surface area contributed by atoms with E-state index in [2.05, 4.69) is 23.1 Å². The van der Waals surface area contributed by atoms with Crippen LogP contribution in [0.1, 0.15) is 231 Å². The van der Waals surface area contributed by atoms with E-state index in [9.17, 15) is 5.26 Å². The second-order valence-electron chi connectivity index (χ2n) is 27.6. The van der Waals surface area contributed by atoms with Gasteiger partial charge in [-0.1, -0.05) is 87.5 Å². The van der Waals surface area contributed by atoms with Crippen molar-refractivity contribution in [1.29, 1.82) is 5.26 Å². The molecule has 0 aromatic carbocycles. The van der Waals surface area contributed by atoms with E-state index in [4.69, 9.17) is 6.57 Å². The van der Waals surface area contributed by atoms with Crippen LogP contribution in [0.25, 0.3) is 4.85 Å². The molecule has 10 unspecified atom stereocenters. The van der Waals surface area contributed by atoms with Crippen molar-refractivity contribution < 1.29 is 0 Å². The summed E-state index contributed by atoms with van der Waals surface area (Å²) in [5, 5.41) is 9.75. The zero-order valence-electron chi connectivity index (χ0n) is 42.2. The molecule has 0 aromatic rings. The molecular weight excluding hydrogens is 797 g/mol. The van der Waals surface area contributed by atoms with Crippen LogP contribution in [0.15, 0.2) is 23.3 Å². The SMILES string of the molecule is [C-]#[N+]C1CCC(/C(=C/C2CCC(C3CC4CC5CC(C6CCC(/C=C(/C7CCC(C#N)CC7)C7CCCC8CCCCC87)CC6)CC6CC(C3)C4C56)CC2)C2CCCC3CCCCC32)CC1. The van der Waals surface area contributed by atoms with Crippen LogP contribution >= 0.6 is 0 Å². The average molecular weight is 893 g/mol. The summed E-state index contributed by atoms with van der Waals surface area (Å²) in [6.45, 7) is 7.74. The van der Waals surface area contributed by atoms with Crippen molar-refractivity contribution >= 4 is 0 Å². The highest BCUT2D eigenvalue weighted by molar-refractivity contribution is 5.20. The number of fused-ring (bicyclic) bond motifs is 2. The van der Waals surface area contributed by atoms with E-state index >= 15 is 0 Å². The average Bonchev–Trinajstić information content (AvgIpc) is 3.96.